The van der Waals surface area contributed by atoms with Crippen LogP contribution in [0.1, 0.15) is 61.8 Å². The molecule has 0 saturated heterocycles. The molecule has 0 aromatic carbocycles. The van der Waals surface area contributed by atoms with E-state index >= 15 is 0 Å². The molecule has 166 valence electrons. The highest BCUT2D eigenvalue weighted by molar-refractivity contribution is 14.1. The van der Waals surface area contributed by atoms with E-state index in [2.05, 4.69) is 110 Å². The number of rotatable bonds is 9. The van der Waals surface area contributed by atoms with Gasteiger partial charge in [-0.2, -0.15) is 0 Å². The zero-order chi connectivity index (χ0) is 22.6. The Kier molecular flexibility index (Phi) is 10.9. The molecule has 0 fully saturated rings. The predicted octanol–water partition coefficient (Wildman–Crippen LogP) is 7.43. The Morgan fingerprint density at radius 2 is 1.39 bits per heavy atom. The Hall–Kier alpha value is 0.524. The second-order valence-electron chi connectivity index (χ2n) is 11.0. The summed E-state index contributed by atoms with van der Waals surface area (Å²) in [6.45, 7) is 26.5. The van der Waals surface area contributed by atoms with E-state index in [4.69, 9.17) is 8.85 Å². The van der Waals surface area contributed by atoms with Crippen LogP contribution in [0.4, 0.5) is 0 Å². The van der Waals surface area contributed by atoms with Crippen molar-refractivity contribution in [1.82, 2.24) is 0 Å². The quantitative estimate of drug-likeness (QED) is 0.188. The van der Waals surface area contributed by atoms with E-state index in [9.17, 15) is 5.11 Å². The first-order chi connectivity index (χ1) is 12.3. The second-order valence-corrected chi connectivity index (χ2v) is 21.3. The molecule has 1 N–H and O–H groups in total. The van der Waals surface area contributed by atoms with E-state index < -0.39 is 22.7 Å². The summed E-state index contributed by atoms with van der Waals surface area (Å²) < 4.78 is 15.1. The molecule has 6 heteroatoms. The minimum atomic E-state index is -2.01. The normalized spacial score (nSPS) is 18.4. The highest BCUT2D eigenvalue weighted by Gasteiger charge is 2.41. The molecule has 0 aliphatic heterocycles. The molecule has 0 unspecified atom stereocenters. The van der Waals surface area contributed by atoms with E-state index in [1.807, 2.05) is 10.2 Å². The summed E-state index contributed by atoms with van der Waals surface area (Å²) in [6, 6.07) is 0. The van der Waals surface area contributed by atoms with E-state index in [0.717, 1.165) is 5.57 Å². The molecule has 0 aliphatic rings. The van der Waals surface area contributed by atoms with Crippen LogP contribution in [0.3, 0.4) is 0 Å². The Balaban J connectivity index is 5.48. The van der Waals surface area contributed by atoms with E-state index in [-0.39, 0.29) is 22.3 Å². The van der Waals surface area contributed by atoms with E-state index in [0.29, 0.717) is 6.42 Å². The van der Waals surface area contributed by atoms with Crippen molar-refractivity contribution < 1.29 is 14.0 Å². The molecule has 28 heavy (non-hydrogen) atoms. The van der Waals surface area contributed by atoms with E-state index in [1.165, 1.54) is 0 Å². The number of aliphatic hydroxyl groups is 1. The molecule has 0 spiro atoms. The molecule has 0 aromatic rings. The first-order valence-electron chi connectivity index (χ1n) is 10.3. The SMILES string of the molecule is CC(/C=C/I)=C\[C@@H](O[Si](C)(C)C(C)(C)C)[C@H](O)C[C@@H](C)O[Si](C)(C)C(C)(C)C. The van der Waals surface area contributed by atoms with Crippen LogP contribution in [0, 0.1) is 0 Å². The Morgan fingerprint density at radius 3 is 1.79 bits per heavy atom. The number of hydrogen-bond donors (Lipinski definition) is 1. The van der Waals surface area contributed by atoms with Gasteiger partial charge < -0.3 is 14.0 Å². The zero-order valence-corrected chi connectivity index (χ0v) is 24.5. The topological polar surface area (TPSA) is 38.7 Å². The maximum absolute atomic E-state index is 11.1. The van der Waals surface area contributed by atoms with Crippen LogP contribution in [0.2, 0.25) is 36.3 Å². The molecule has 0 bridgehead atoms. The van der Waals surface area contributed by atoms with Crippen LogP contribution in [0.25, 0.3) is 0 Å². The maximum Gasteiger partial charge on any atom is 0.193 e. The lowest BCUT2D eigenvalue weighted by molar-refractivity contribution is 0.0220. The number of hydrogen-bond acceptors (Lipinski definition) is 3. The van der Waals surface area contributed by atoms with Crippen molar-refractivity contribution in [2.75, 3.05) is 0 Å². The molecule has 0 rings (SSSR count). The van der Waals surface area contributed by atoms with Crippen LogP contribution < -0.4 is 0 Å². The largest absolute Gasteiger partial charge is 0.414 e. The lowest BCUT2D eigenvalue weighted by atomic mass is 10.1. The summed E-state index contributed by atoms with van der Waals surface area (Å²) >= 11 is 2.22. The fourth-order valence-electron chi connectivity index (χ4n) is 2.36. The van der Waals surface area contributed by atoms with Gasteiger partial charge in [-0.1, -0.05) is 81.9 Å². The van der Waals surface area contributed by atoms with Gasteiger partial charge in [0, 0.05) is 12.5 Å². The van der Waals surface area contributed by atoms with Crippen molar-refractivity contribution in [2.24, 2.45) is 0 Å². The summed E-state index contributed by atoms with van der Waals surface area (Å²) in [5, 5.41) is 11.3. The maximum atomic E-state index is 11.1. The van der Waals surface area contributed by atoms with Crippen LogP contribution in [-0.2, 0) is 8.85 Å². The molecule has 3 nitrogen and oxygen atoms in total. The van der Waals surface area contributed by atoms with Gasteiger partial charge in [-0.15, -0.1) is 0 Å². The van der Waals surface area contributed by atoms with Gasteiger partial charge in [0.2, 0.25) is 0 Å². The monoisotopic (exact) mass is 540 g/mol. The standard InChI is InChI=1S/C22H45IO3Si2/c1-17(13-14-23)15-20(26-28(11,12)22(6,7)8)19(24)16-18(2)25-27(9,10)21(3,4)5/h13-15,18-20,24H,16H2,1-12H3/b14-13+,17-15+/t18-,19-,20-/m1/s1. The summed E-state index contributed by atoms with van der Waals surface area (Å²) in [7, 11) is -3.87. The molecule has 0 amide bonds. The first kappa shape index (κ1) is 28.5. The molecular weight excluding hydrogens is 495 g/mol. The van der Waals surface area contributed by atoms with Crippen molar-refractivity contribution >= 4 is 39.2 Å². The molecule has 0 aromatic heterocycles. The molecule has 0 heterocycles. The summed E-state index contributed by atoms with van der Waals surface area (Å²) in [5.74, 6) is 0. The van der Waals surface area contributed by atoms with Gasteiger partial charge in [-0.25, -0.2) is 0 Å². The number of allylic oxidation sites excluding steroid dienone is 2. The van der Waals surface area contributed by atoms with Crippen LogP contribution >= 0.6 is 22.6 Å². The fraction of sp³-hybridized carbons (Fsp3) is 0.818. The average Bonchev–Trinajstić information content (AvgIpc) is 2.43. The lowest BCUT2D eigenvalue weighted by Gasteiger charge is -2.41. The van der Waals surface area contributed by atoms with Gasteiger partial charge in [0.05, 0.1) is 12.2 Å². The average molecular weight is 541 g/mol. The smallest absolute Gasteiger partial charge is 0.193 e. The van der Waals surface area contributed by atoms with Crippen molar-refractivity contribution in [3.05, 3.63) is 21.8 Å². The summed E-state index contributed by atoms with van der Waals surface area (Å²) in [4.78, 5) is 0. The highest BCUT2D eigenvalue weighted by Crippen LogP contribution is 2.39. The predicted molar refractivity (Wildman–Crippen MR) is 137 cm³/mol. The molecular formula is C22H45IO3Si2. The fourth-order valence-corrected chi connectivity index (χ4v) is 5.64. The Morgan fingerprint density at radius 1 is 0.964 bits per heavy atom. The van der Waals surface area contributed by atoms with Crippen LogP contribution in [0.15, 0.2) is 21.8 Å². The third-order valence-corrected chi connectivity index (χ3v) is 15.7. The van der Waals surface area contributed by atoms with Crippen molar-refractivity contribution in [3.63, 3.8) is 0 Å². The van der Waals surface area contributed by atoms with Crippen molar-refractivity contribution in [1.29, 1.82) is 0 Å². The number of aliphatic hydroxyl groups excluding tert-OH is 1. The molecule has 3 atom stereocenters. The highest BCUT2D eigenvalue weighted by atomic mass is 127. The molecule has 0 saturated carbocycles. The van der Waals surface area contributed by atoms with Crippen LogP contribution in [0.5, 0.6) is 0 Å². The summed E-state index contributed by atoms with van der Waals surface area (Å²) in [5.41, 5.74) is 1.11. The lowest BCUT2D eigenvalue weighted by Crippen LogP contribution is -2.48. The van der Waals surface area contributed by atoms with Gasteiger partial charge in [0.25, 0.3) is 0 Å². The van der Waals surface area contributed by atoms with Gasteiger partial charge >= 0.3 is 0 Å². The molecule has 0 radical (unpaired) electrons. The third-order valence-electron chi connectivity index (χ3n) is 6.24. The number of halogens is 1. The van der Waals surface area contributed by atoms with E-state index in [1.54, 1.807) is 0 Å². The Labute approximate surface area is 190 Å². The first-order valence-corrected chi connectivity index (χ1v) is 17.4. The van der Waals surface area contributed by atoms with Gasteiger partial charge in [0.15, 0.2) is 16.6 Å². The van der Waals surface area contributed by atoms with Gasteiger partial charge in [0.1, 0.15) is 0 Å². The third kappa shape index (κ3) is 9.12. The Bertz CT molecular complexity index is 543. The van der Waals surface area contributed by atoms with Crippen LogP contribution in [-0.4, -0.2) is 40.1 Å². The van der Waals surface area contributed by atoms with Crippen molar-refractivity contribution in [3.8, 4) is 0 Å². The minimum absolute atomic E-state index is 0.00442. The molecule has 0 aliphatic carbocycles. The minimum Gasteiger partial charge on any atom is -0.414 e. The van der Waals surface area contributed by atoms with Gasteiger partial charge in [-0.3, -0.25) is 0 Å². The second kappa shape index (κ2) is 10.7. The van der Waals surface area contributed by atoms with Crippen molar-refractivity contribution in [2.45, 2.75) is 116 Å². The van der Waals surface area contributed by atoms with Gasteiger partial charge in [-0.05, 0) is 54.2 Å². The summed E-state index contributed by atoms with van der Waals surface area (Å²) in [6.07, 6.45) is 3.77. The zero-order valence-electron chi connectivity index (χ0n) is 20.3.